The van der Waals surface area contributed by atoms with E-state index in [0.29, 0.717) is 13.0 Å². The minimum atomic E-state index is -3.15. The maximum absolute atomic E-state index is 11.8. The van der Waals surface area contributed by atoms with Gasteiger partial charge in [-0.15, -0.1) is 0 Å². The fraction of sp³-hybridized carbons (Fsp3) is 1.00. The highest BCUT2D eigenvalue weighted by molar-refractivity contribution is 7.89. The second-order valence-corrected chi connectivity index (χ2v) is 7.26. The van der Waals surface area contributed by atoms with Gasteiger partial charge < -0.3 is 10.1 Å². The van der Waals surface area contributed by atoms with Crippen molar-refractivity contribution in [2.45, 2.75) is 51.0 Å². The van der Waals surface area contributed by atoms with Gasteiger partial charge in [-0.05, 0) is 51.6 Å². The first-order valence-corrected chi connectivity index (χ1v) is 8.92. The molecule has 2 N–H and O–H groups in total. The second-order valence-electron chi connectivity index (χ2n) is 5.34. The molecule has 0 aliphatic heterocycles. The molecule has 114 valence electrons. The van der Waals surface area contributed by atoms with Crippen molar-refractivity contribution in [2.24, 2.45) is 0 Å². The van der Waals surface area contributed by atoms with E-state index in [2.05, 4.69) is 17.0 Å². The molecule has 0 saturated heterocycles. The van der Waals surface area contributed by atoms with Crippen LogP contribution >= 0.6 is 0 Å². The topological polar surface area (TPSA) is 67.4 Å². The van der Waals surface area contributed by atoms with E-state index >= 15 is 0 Å². The van der Waals surface area contributed by atoms with E-state index in [9.17, 15) is 8.42 Å². The number of rotatable bonds is 11. The van der Waals surface area contributed by atoms with Gasteiger partial charge >= 0.3 is 0 Å². The highest BCUT2D eigenvalue weighted by Gasteiger charge is 2.37. The van der Waals surface area contributed by atoms with Gasteiger partial charge in [0.05, 0.1) is 11.4 Å². The molecule has 19 heavy (non-hydrogen) atoms. The van der Waals surface area contributed by atoms with Gasteiger partial charge in [0.25, 0.3) is 0 Å². The van der Waals surface area contributed by atoms with Crippen molar-refractivity contribution in [3.8, 4) is 0 Å². The van der Waals surface area contributed by atoms with Crippen LogP contribution in [0.1, 0.15) is 45.4 Å². The lowest BCUT2D eigenvalue weighted by Crippen LogP contribution is -2.49. The van der Waals surface area contributed by atoms with Crippen LogP contribution in [0.25, 0.3) is 0 Å². The van der Waals surface area contributed by atoms with Crippen LogP contribution in [0, 0.1) is 0 Å². The maximum atomic E-state index is 11.8. The van der Waals surface area contributed by atoms with Crippen molar-refractivity contribution in [3.05, 3.63) is 0 Å². The second kappa shape index (κ2) is 8.19. The molecule has 6 heteroatoms. The Labute approximate surface area is 117 Å². The van der Waals surface area contributed by atoms with Crippen molar-refractivity contribution >= 4 is 10.0 Å². The molecule has 0 radical (unpaired) electrons. The number of ether oxygens (including phenoxy) is 1. The monoisotopic (exact) mass is 292 g/mol. The van der Waals surface area contributed by atoms with Gasteiger partial charge in [-0.25, -0.2) is 13.1 Å². The fourth-order valence-corrected chi connectivity index (χ4v) is 3.39. The lowest BCUT2D eigenvalue weighted by molar-refractivity contribution is -0.0659. The van der Waals surface area contributed by atoms with Gasteiger partial charge in [-0.2, -0.15) is 0 Å². The highest BCUT2D eigenvalue weighted by Crippen LogP contribution is 2.34. The van der Waals surface area contributed by atoms with E-state index in [1.807, 2.05) is 0 Å². The van der Waals surface area contributed by atoms with Gasteiger partial charge in [-0.1, -0.05) is 6.92 Å². The molecule has 1 aliphatic rings. The third kappa shape index (κ3) is 6.21. The first-order valence-electron chi connectivity index (χ1n) is 7.27. The van der Waals surface area contributed by atoms with E-state index in [-0.39, 0.29) is 11.4 Å². The first kappa shape index (κ1) is 16.9. The number of unbranched alkanes of at least 4 members (excludes halogenated alkanes) is 1. The van der Waals surface area contributed by atoms with Crippen LogP contribution in [0.4, 0.5) is 0 Å². The van der Waals surface area contributed by atoms with Crippen LogP contribution in [-0.2, 0) is 14.8 Å². The molecule has 1 aliphatic carbocycles. The minimum Gasteiger partial charge on any atom is -0.377 e. The predicted molar refractivity (Wildman–Crippen MR) is 77.8 cm³/mol. The molecule has 1 rings (SSSR count). The zero-order valence-electron chi connectivity index (χ0n) is 12.2. The molecule has 0 aromatic heterocycles. The van der Waals surface area contributed by atoms with E-state index in [0.717, 1.165) is 45.2 Å². The zero-order valence-corrected chi connectivity index (χ0v) is 13.0. The van der Waals surface area contributed by atoms with E-state index in [4.69, 9.17) is 4.74 Å². The summed E-state index contributed by atoms with van der Waals surface area (Å²) >= 11 is 0. The van der Waals surface area contributed by atoms with Crippen molar-refractivity contribution in [2.75, 3.05) is 32.5 Å². The number of hydrogen-bond donors (Lipinski definition) is 2. The van der Waals surface area contributed by atoms with Crippen LogP contribution < -0.4 is 10.0 Å². The fourth-order valence-electron chi connectivity index (χ4n) is 2.18. The molecule has 0 bridgehead atoms. The number of methoxy groups -OCH3 is 1. The van der Waals surface area contributed by atoms with Gasteiger partial charge in [0.2, 0.25) is 10.0 Å². The molecule has 0 aromatic rings. The van der Waals surface area contributed by atoms with E-state index in [1.165, 1.54) is 0 Å². The summed E-state index contributed by atoms with van der Waals surface area (Å²) in [5, 5.41) is 3.27. The Hall–Kier alpha value is -0.170. The molecule has 0 amide bonds. The Kier molecular flexibility index (Phi) is 7.28. The average Bonchev–Trinajstić information content (AvgIpc) is 2.33. The smallest absolute Gasteiger partial charge is 0.211 e. The van der Waals surface area contributed by atoms with Gasteiger partial charge in [0.15, 0.2) is 0 Å². The summed E-state index contributed by atoms with van der Waals surface area (Å²) in [6.45, 7) is 4.43. The number of sulfonamides is 1. The average molecular weight is 292 g/mol. The summed E-state index contributed by atoms with van der Waals surface area (Å²) in [6.07, 6.45) is 5.74. The molecular weight excluding hydrogens is 264 g/mol. The van der Waals surface area contributed by atoms with Crippen LogP contribution in [0.2, 0.25) is 0 Å². The standard InChI is InChI=1S/C13H28N2O3S/c1-3-9-14-10-4-5-11-19(16,17)15-12-13(18-2)7-6-8-13/h14-15H,3-12H2,1-2H3. The van der Waals surface area contributed by atoms with E-state index in [1.54, 1.807) is 7.11 Å². The Morgan fingerprint density at radius 3 is 2.47 bits per heavy atom. The summed E-state index contributed by atoms with van der Waals surface area (Å²) in [7, 11) is -1.49. The highest BCUT2D eigenvalue weighted by atomic mass is 32.2. The minimum absolute atomic E-state index is 0.209. The molecule has 0 spiro atoms. The van der Waals surface area contributed by atoms with Gasteiger partial charge in [0, 0.05) is 13.7 Å². The molecule has 1 fully saturated rings. The maximum Gasteiger partial charge on any atom is 0.211 e. The molecule has 5 nitrogen and oxygen atoms in total. The Bertz CT molecular complexity index is 334. The third-order valence-corrected chi connectivity index (χ3v) is 5.17. The molecule has 0 atom stereocenters. The summed E-state index contributed by atoms with van der Waals surface area (Å²) in [5.41, 5.74) is -0.240. The zero-order chi connectivity index (χ0) is 14.2. The predicted octanol–water partition coefficient (Wildman–Crippen LogP) is 1.25. The van der Waals surface area contributed by atoms with Crippen LogP contribution in [-0.4, -0.2) is 46.5 Å². The number of nitrogens with one attached hydrogen (secondary N) is 2. The van der Waals surface area contributed by atoms with Gasteiger partial charge in [-0.3, -0.25) is 0 Å². The number of hydrogen-bond acceptors (Lipinski definition) is 4. The lowest BCUT2D eigenvalue weighted by atomic mass is 9.80. The van der Waals surface area contributed by atoms with Gasteiger partial charge in [0.1, 0.15) is 0 Å². The summed E-state index contributed by atoms with van der Waals surface area (Å²) in [5.74, 6) is 0.209. The lowest BCUT2D eigenvalue weighted by Gasteiger charge is -2.40. The Morgan fingerprint density at radius 2 is 1.95 bits per heavy atom. The molecule has 1 saturated carbocycles. The molecule has 0 unspecified atom stereocenters. The third-order valence-electron chi connectivity index (χ3n) is 3.76. The molecule has 0 aromatic carbocycles. The summed E-state index contributed by atoms with van der Waals surface area (Å²) in [4.78, 5) is 0. The SMILES string of the molecule is CCCNCCCCS(=O)(=O)NCC1(OC)CCC1. The quantitative estimate of drug-likeness (QED) is 0.563. The normalized spacial score (nSPS) is 18.2. The Morgan fingerprint density at radius 1 is 1.21 bits per heavy atom. The summed E-state index contributed by atoms with van der Waals surface area (Å²) < 4.78 is 31.8. The largest absolute Gasteiger partial charge is 0.377 e. The van der Waals surface area contributed by atoms with Crippen LogP contribution in [0.5, 0.6) is 0 Å². The van der Waals surface area contributed by atoms with E-state index < -0.39 is 10.0 Å². The van der Waals surface area contributed by atoms with Crippen LogP contribution in [0.15, 0.2) is 0 Å². The van der Waals surface area contributed by atoms with Crippen molar-refractivity contribution in [1.29, 1.82) is 0 Å². The van der Waals surface area contributed by atoms with Crippen LogP contribution in [0.3, 0.4) is 0 Å². The molecule has 0 heterocycles. The van der Waals surface area contributed by atoms with Crippen molar-refractivity contribution < 1.29 is 13.2 Å². The first-order chi connectivity index (χ1) is 9.04. The van der Waals surface area contributed by atoms with Crippen molar-refractivity contribution in [1.82, 2.24) is 10.0 Å². The molecular formula is C13H28N2O3S. The summed E-state index contributed by atoms with van der Waals surface area (Å²) in [6, 6.07) is 0. The van der Waals surface area contributed by atoms with Crippen molar-refractivity contribution in [3.63, 3.8) is 0 Å². The Balaban J connectivity index is 2.14.